The van der Waals surface area contributed by atoms with Crippen molar-refractivity contribution in [2.45, 2.75) is 31.2 Å². The largest absolute Gasteiger partial charge is 0.493 e. The molecule has 2 N–H and O–H groups in total. The van der Waals surface area contributed by atoms with E-state index in [1.54, 1.807) is 0 Å². The molecule has 88 valence electrons. The van der Waals surface area contributed by atoms with Crippen molar-refractivity contribution < 1.29 is 9.15 Å². The summed E-state index contributed by atoms with van der Waals surface area (Å²) in [6, 6.07) is 4.35. The van der Waals surface area contributed by atoms with Crippen LogP contribution in [0.2, 0.25) is 0 Å². The normalized spacial score (nSPS) is 26.6. The van der Waals surface area contributed by atoms with E-state index >= 15 is 0 Å². The summed E-state index contributed by atoms with van der Waals surface area (Å²) in [7, 11) is 0. The zero-order chi connectivity index (χ0) is 11.4. The fourth-order valence-corrected chi connectivity index (χ4v) is 2.87. The van der Waals surface area contributed by atoms with Crippen LogP contribution in [0.25, 0.3) is 11.0 Å². The fraction of sp³-hybridized carbons (Fsp3) is 0.429. The Morgan fingerprint density at radius 2 is 2.18 bits per heavy atom. The molecule has 1 aliphatic heterocycles. The van der Waals surface area contributed by atoms with Gasteiger partial charge in [-0.15, -0.1) is 0 Å². The molecule has 0 saturated heterocycles. The number of furan rings is 1. The molecule has 2 aliphatic rings. The van der Waals surface area contributed by atoms with Crippen molar-refractivity contribution in [2.24, 2.45) is 5.73 Å². The predicted molar refractivity (Wildman–Crippen MR) is 65.4 cm³/mol. The lowest BCUT2D eigenvalue weighted by atomic mass is 9.97. The van der Waals surface area contributed by atoms with E-state index in [1.165, 1.54) is 16.5 Å². The molecule has 0 amide bonds. The van der Waals surface area contributed by atoms with E-state index in [0.717, 1.165) is 37.2 Å². The molecule has 0 spiro atoms. The molecule has 1 saturated carbocycles. The number of nitrogens with two attached hydrogens (primary N) is 1. The number of hydrogen-bond acceptors (Lipinski definition) is 3. The second-order valence-corrected chi connectivity index (χ2v) is 5.06. The average Bonchev–Trinajstić information content (AvgIpc) is 2.93. The number of hydrogen-bond donors (Lipinski definition) is 1. The SMILES string of the molecule is N[C@@H]1C[C@H]1c1coc2ccc3c(c12)CCCO3. The van der Waals surface area contributed by atoms with Gasteiger partial charge in [0, 0.05) is 28.5 Å². The molecular weight excluding hydrogens is 214 g/mol. The third-order valence-corrected chi connectivity index (χ3v) is 3.90. The molecule has 17 heavy (non-hydrogen) atoms. The van der Waals surface area contributed by atoms with Gasteiger partial charge >= 0.3 is 0 Å². The second-order valence-electron chi connectivity index (χ2n) is 5.06. The highest BCUT2D eigenvalue weighted by atomic mass is 16.5. The summed E-state index contributed by atoms with van der Waals surface area (Å²) in [6.07, 6.45) is 5.14. The van der Waals surface area contributed by atoms with E-state index in [9.17, 15) is 0 Å². The van der Waals surface area contributed by atoms with Crippen LogP contribution in [0.15, 0.2) is 22.8 Å². The van der Waals surface area contributed by atoms with Crippen molar-refractivity contribution in [1.82, 2.24) is 0 Å². The topological polar surface area (TPSA) is 48.4 Å². The van der Waals surface area contributed by atoms with Gasteiger partial charge in [0.25, 0.3) is 0 Å². The van der Waals surface area contributed by atoms with Gasteiger partial charge in [0.15, 0.2) is 0 Å². The molecule has 1 aromatic heterocycles. The highest BCUT2D eigenvalue weighted by Crippen LogP contribution is 2.46. The highest BCUT2D eigenvalue weighted by molar-refractivity contribution is 5.88. The summed E-state index contributed by atoms with van der Waals surface area (Å²) >= 11 is 0. The molecule has 1 aliphatic carbocycles. The van der Waals surface area contributed by atoms with E-state index in [0.29, 0.717) is 12.0 Å². The Bertz CT molecular complexity index is 587. The number of benzene rings is 1. The summed E-state index contributed by atoms with van der Waals surface area (Å²) in [5.74, 6) is 1.52. The minimum atomic E-state index is 0.316. The maximum atomic E-state index is 5.95. The van der Waals surface area contributed by atoms with Crippen molar-refractivity contribution in [1.29, 1.82) is 0 Å². The number of ether oxygens (including phenoxy) is 1. The van der Waals surface area contributed by atoms with Crippen LogP contribution in [-0.4, -0.2) is 12.6 Å². The van der Waals surface area contributed by atoms with E-state index in [-0.39, 0.29) is 0 Å². The lowest BCUT2D eigenvalue weighted by Gasteiger charge is -2.18. The Morgan fingerprint density at radius 1 is 1.29 bits per heavy atom. The summed E-state index contributed by atoms with van der Waals surface area (Å²) in [6.45, 7) is 0.828. The highest BCUT2D eigenvalue weighted by Gasteiger charge is 2.38. The summed E-state index contributed by atoms with van der Waals surface area (Å²) < 4.78 is 11.4. The molecule has 4 rings (SSSR count). The maximum Gasteiger partial charge on any atom is 0.134 e. The Balaban J connectivity index is 1.97. The van der Waals surface area contributed by atoms with Gasteiger partial charge in [-0.1, -0.05) is 0 Å². The van der Waals surface area contributed by atoms with Gasteiger partial charge in [-0.3, -0.25) is 0 Å². The van der Waals surface area contributed by atoms with Crippen molar-refractivity contribution in [2.75, 3.05) is 6.61 Å². The molecule has 2 atom stereocenters. The molecule has 1 fully saturated rings. The Hall–Kier alpha value is -1.48. The average molecular weight is 229 g/mol. The molecule has 2 aromatic rings. The zero-order valence-electron chi connectivity index (χ0n) is 9.61. The summed E-state index contributed by atoms with van der Waals surface area (Å²) in [5.41, 5.74) is 9.53. The lowest BCUT2D eigenvalue weighted by Crippen LogP contribution is -2.09. The number of rotatable bonds is 1. The predicted octanol–water partition coefficient (Wildman–Crippen LogP) is 2.57. The van der Waals surface area contributed by atoms with Crippen LogP contribution in [0.5, 0.6) is 5.75 Å². The van der Waals surface area contributed by atoms with Crippen LogP contribution >= 0.6 is 0 Å². The minimum Gasteiger partial charge on any atom is -0.493 e. The molecule has 0 unspecified atom stereocenters. The van der Waals surface area contributed by atoms with Crippen LogP contribution in [0.3, 0.4) is 0 Å². The summed E-state index contributed by atoms with van der Waals surface area (Å²) in [5, 5.41) is 1.26. The van der Waals surface area contributed by atoms with Gasteiger partial charge in [-0.25, -0.2) is 0 Å². The van der Waals surface area contributed by atoms with Crippen LogP contribution in [0, 0.1) is 0 Å². The molecular formula is C14H15NO2. The fourth-order valence-electron chi connectivity index (χ4n) is 2.87. The molecule has 2 heterocycles. The Morgan fingerprint density at radius 3 is 3.00 bits per heavy atom. The van der Waals surface area contributed by atoms with E-state index in [2.05, 4.69) is 0 Å². The van der Waals surface area contributed by atoms with E-state index in [1.807, 2.05) is 18.4 Å². The first kappa shape index (κ1) is 9.54. The van der Waals surface area contributed by atoms with Crippen molar-refractivity contribution in [3.63, 3.8) is 0 Å². The third kappa shape index (κ3) is 1.32. The van der Waals surface area contributed by atoms with Crippen molar-refractivity contribution >= 4 is 11.0 Å². The van der Waals surface area contributed by atoms with E-state index in [4.69, 9.17) is 14.9 Å². The van der Waals surface area contributed by atoms with E-state index < -0.39 is 0 Å². The first-order valence-corrected chi connectivity index (χ1v) is 6.26. The van der Waals surface area contributed by atoms with Crippen molar-refractivity contribution in [3.05, 3.63) is 29.5 Å². The standard InChI is InChI=1S/C14H15NO2/c15-11-6-9(11)10-7-17-13-4-3-12-8(14(10)13)2-1-5-16-12/h3-4,7,9,11H,1-2,5-6,15H2/t9-,11+/m0/s1. The van der Waals surface area contributed by atoms with Gasteiger partial charge < -0.3 is 14.9 Å². The van der Waals surface area contributed by atoms with Crippen LogP contribution in [-0.2, 0) is 6.42 Å². The first-order valence-electron chi connectivity index (χ1n) is 6.26. The lowest BCUT2D eigenvalue weighted by molar-refractivity contribution is 0.289. The third-order valence-electron chi connectivity index (χ3n) is 3.90. The van der Waals surface area contributed by atoms with Crippen LogP contribution in [0.4, 0.5) is 0 Å². The Labute approximate surface area is 99.5 Å². The first-order chi connectivity index (χ1) is 8.34. The number of fused-ring (bicyclic) bond motifs is 3. The monoisotopic (exact) mass is 229 g/mol. The molecule has 1 aromatic carbocycles. The molecule has 0 bridgehead atoms. The van der Waals surface area contributed by atoms with Crippen LogP contribution < -0.4 is 10.5 Å². The zero-order valence-corrected chi connectivity index (χ0v) is 9.61. The van der Waals surface area contributed by atoms with Gasteiger partial charge in [0.1, 0.15) is 11.3 Å². The molecule has 3 heteroatoms. The van der Waals surface area contributed by atoms with Gasteiger partial charge in [0.05, 0.1) is 12.9 Å². The maximum absolute atomic E-state index is 5.95. The molecule has 0 radical (unpaired) electrons. The Kier molecular flexibility index (Phi) is 1.83. The second kappa shape index (κ2) is 3.26. The minimum absolute atomic E-state index is 0.316. The quantitative estimate of drug-likeness (QED) is 0.817. The van der Waals surface area contributed by atoms with Gasteiger partial charge in [-0.2, -0.15) is 0 Å². The smallest absolute Gasteiger partial charge is 0.134 e. The van der Waals surface area contributed by atoms with Gasteiger partial charge in [0.2, 0.25) is 0 Å². The van der Waals surface area contributed by atoms with Gasteiger partial charge in [-0.05, 0) is 31.4 Å². The number of aryl methyl sites for hydroxylation is 1. The van der Waals surface area contributed by atoms with Crippen LogP contribution in [0.1, 0.15) is 29.9 Å². The summed E-state index contributed by atoms with van der Waals surface area (Å²) in [4.78, 5) is 0. The molecule has 3 nitrogen and oxygen atoms in total. The van der Waals surface area contributed by atoms with Crippen molar-refractivity contribution in [3.8, 4) is 5.75 Å².